The number of rotatable bonds is 5. The molecule has 0 spiro atoms. The summed E-state index contributed by atoms with van der Waals surface area (Å²) in [5.41, 5.74) is -0.779. The van der Waals surface area contributed by atoms with Crippen LogP contribution in [0.3, 0.4) is 0 Å². The molecule has 2 heterocycles. The van der Waals surface area contributed by atoms with Gasteiger partial charge in [0.05, 0.1) is 30.6 Å². The summed E-state index contributed by atoms with van der Waals surface area (Å²) < 4.78 is 45.5. The summed E-state index contributed by atoms with van der Waals surface area (Å²) in [4.78, 5) is 29.2. The highest BCUT2D eigenvalue weighted by atomic mass is 32.1. The Bertz CT molecular complexity index is 1370. The molecule has 0 atom stereocenters. The summed E-state index contributed by atoms with van der Waals surface area (Å²) in [6, 6.07) is 12.1. The first kappa shape index (κ1) is 22.3. The van der Waals surface area contributed by atoms with Crippen molar-refractivity contribution in [1.29, 1.82) is 0 Å². The molecular formula is C21H16F3N5O3S. The van der Waals surface area contributed by atoms with Crippen molar-refractivity contribution >= 4 is 28.0 Å². The molecule has 33 heavy (non-hydrogen) atoms. The smallest absolute Gasteiger partial charge is 0.418 e. The van der Waals surface area contributed by atoms with E-state index in [1.54, 1.807) is 31.4 Å². The number of fused-ring (bicyclic) bond motifs is 1. The molecular weight excluding hydrogens is 459 g/mol. The van der Waals surface area contributed by atoms with Crippen LogP contribution in [0.2, 0.25) is 0 Å². The van der Waals surface area contributed by atoms with E-state index in [1.165, 1.54) is 29.5 Å². The number of ether oxygens (including phenoxy) is 1. The van der Waals surface area contributed by atoms with Gasteiger partial charge in [0.1, 0.15) is 10.8 Å². The van der Waals surface area contributed by atoms with E-state index >= 15 is 0 Å². The standard InChI is InChI=1S/C21H16F3N5O3S/c1-32-14-8-6-12(7-9-14)18-28-29-17(30)10-13(26-20(29)33-18)11-25-19(31)27-16-5-3-2-4-15(16)21(22,23)24/h2-10H,11H2,1H3,(H2,25,27,31). The first-order chi connectivity index (χ1) is 15.7. The molecule has 0 saturated carbocycles. The van der Waals surface area contributed by atoms with Crippen LogP contribution in [-0.4, -0.2) is 27.7 Å². The number of carbonyl (C=O) groups is 1. The van der Waals surface area contributed by atoms with Gasteiger partial charge in [-0.25, -0.2) is 9.78 Å². The number of nitrogens with one attached hydrogen (secondary N) is 2. The van der Waals surface area contributed by atoms with Crippen LogP contribution in [0, 0.1) is 0 Å². The van der Waals surface area contributed by atoms with Crippen molar-refractivity contribution in [3.8, 4) is 16.3 Å². The predicted molar refractivity (Wildman–Crippen MR) is 116 cm³/mol. The Balaban J connectivity index is 1.49. The minimum Gasteiger partial charge on any atom is -0.497 e. The molecule has 0 radical (unpaired) electrons. The number of carbonyl (C=O) groups excluding carboxylic acids is 1. The van der Waals surface area contributed by atoms with Crippen molar-refractivity contribution < 1.29 is 22.7 Å². The van der Waals surface area contributed by atoms with Crippen molar-refractivity contribution in [1.82, 2.24) is 19.9 Å². The maximum absolute atomic E-state index is 13.1. The van der Waals surface area contributed by atoms with Gasteiger partial charge in [0.25, 0.3) is 5.56 Å². The SMILES string of the molecule is COc1ccc(-c2nn3c(=O)cc(CNC(=O)Nc4ccccc4C(F)(F)F)nc3s2)cc1. The summed E-state index contributed by atoms with van der Waals surface area (Å²) in [5.74, 6) is 0.680. The number of para-hydroxylation sites is 1. The van der Waals surface area contributed by atoms with Gasteiger partial charge in [-0.15, -0.1) is 0 Å². The van der Waals surface area contributed by atoms with Crippen molar-refractivity contribution in [2.45, 2.75) is 12.7 Å². The summed E-state index contributed by atoms with van der Waals surface area (Å²) >= 11 is 1.18. The number of alkyl halides is 3. The Labute approximate surface area is 188 Å². The molecule has 0 unspecified atom stereocenters. The Hall–Kier alpha value is -3.93. The fourth-order valence-corrected chi connectivity index (χ4v) is 3.90. The summed E-state index contributed by atoms with van der Waals surface area (Å²) in [6.45, 7) is -0.165. The molecule has 0 aliphatic rings. The zero-order chi connectivity index (χ0) is 23.6. The van der Waals surface area contributed by atoms with Gasteiger partial charge in [-0.3, -0.25) is 4.79 Å². The number of nitrogens with zero attached hydrogens (tertiary/aromatic N) is 3. The van der Waals surface area contributed by atoms with Crippen molar-refractivity contribution in [3.63, 3.8) is 0 Å². The quantitative estimate of drug-likeness (QED) is 0.452. The maximum atomic E-state index is 13.1. The topological polar surface area (TPSA) is 97.6 Å². The molecule has 0 bridgehead atoms. The molecule has 4 rings (SSSR count). The Morgan fingerprint density at radius 2 is 1.88 bits per heavy atom. The average molecular weight is 475 g/mol. The van der Waals surface area contributed by atoms with E-state index in [4.69, 9.17) is 4.74 Å². The second-order valence-electron chi connectivity index (χ2n) is 6.77. The summed E-state index contributed by atoms with van der Waals surface area (Å²) in [5, 5.41) is 9.42. The molecule has 0 fully saturated rings. The van der Waals surface area contributed by atoms with Crippen LogP contribution in [0.5, 0.6) is 5.75 Å². The minimum atomic E-state index is -4.61. The molecule has 2 aromatic heterocycles. The summed E-state index contributed by atoms with van der Waals surface area (Å²) in [6.07, 6.45) is -4.61. The number of amides is 2. The second kappa shape index (κ2) is 8.90. The maximum Gasteiger partial charge on any atom is 0.418 e. The average Bonchev–Trinajstić information content (AvgIpc) is 3.22. The van der Waals surface area contributed by atoms with Crippen LogP contribution in [-0.2, 0) is 12.7 Å². The lowest BCUT2D eigenvalue weighted by atomic mass is 10.1. The highest BCUT2D eigenvalue weighted by Gasteiger charge is 2.33. The Morgan fingerprint density at radius 1 is 1.15 bits per heavy atom. The number of methoxy groups -OCH3 is 1. The lowest BCUT2D eigenvalue weighted by Gasteiger charge is -2.13. The largest absolute Gasteiger partial charge is 0.497 e. The fourth-order valence-electron chi connectivity index (χ4n) is 2.97. The monoisotopic (exact) mass is 475 g/mol. The van der Waals surface area contributed by atoms with Crippen LogP contribution in [0.25, 0.3) is 15.5 Å². The third-order valence-electron chi connectivity index (χ3n) is 4.55. The van der Waals surface area contributed by atoms with Gasteiger partial charge in [0.2, 0.25) is 4.96 Å². The van der Waals surface area contributed by atoms with Crippen LogP contribution in [0.4, 0.5) is 23.7 Å². The van der Waals surface area contributed by atoms with E-state index in [2.05, 4.69) is 20.7 Å². The molecule has 170 valence electrons. The van der Waals surface area contributed by atoms with E-state index in [1.807, 2.05) is 0 Å². The predicted octanol–water partition coefficient (Wildman–Crippen LogP) is 4.17. The zero-order valence-corrected chi connectivity index (χ0v) is 17.8. The number of hydrogen-bond acceptors (Lipinski definition) is 6. The first-order valence-electron chi connectivity index (χ1n) is 9.50. The molecule has 0 aliphatic heterocycles. The molecule has 12 heteroatoms. The molecule has 0 saturated heterocycles. The molecule has 2 amide bonds. The van der Waals surface area contributed by atoms with E-state index in [0.717, 1.165) is 22.2 Å². The van der Waals surface area contributed by atoms with Crippen molar-refractivity contribution in [2.75, 3.05) is 12.4 Å². The van der Waals surface area contributed by atoms with Crippen LogP contribution in [0.1, 0.15) is 11.3 Å². The number of aromatic nitrogens is 3. The van der Waals surface area contributed by atoms with Crippen LogP contribution in [0.15, 0.2) is 59.4 Å². The highest BCUT2D eigenvalue weighted by Crippen LogP contribution is 2.34. The van der Waals surface area contributed by atoms with E-state index < -0.39 is 23.3 Å². The minimum absolute atomic E-state index is 0.165. The van der Waals surface area contributed by atoms with Gasteiger partial charge < -0.3 is 15.4 Å². The number of hydrogen-bond donors (Lipinski definition) is 2. The molecule has 2 N–H and O–H groups in total. The van der Waals surface area contributed by atoms with Gasteiger partial charge in [-0.2, -0.15) is 22.8 Å². The molecule has 8 nitrogen and oxygen atoms in total. The van der Waals surface area contributed by atoms with E-state index in [-0.39, 0.29) is 17.9 Å². The number of benzene rings is 2. The number of halogens is 3. The lowest BCUT2D eigenvalue weighted by Crippen LogP contribution is -2.30. The van der Waals surface area contributed by atoms with Gasteiger partial charge in [0, 0.05) is 11.6 Å². The van der Waals surface area contributed by atoms with E-state index in [0.29, 0.717) is 15.7 Å². The second-order valence-corrected chi connectivity index (χ2v) is 7.72. The molecule has 2 aromatic carbocycles. The molecule has 0 aliphatic carbocycles. The fraction of sp³-hybridized carbons (Fsp3) is 0.143. The number of urea groups is 1. The van der Waals surface area contributed by atoms with Gasteiger partial charge in [-0.1, -0.05) is 23.5 Å². The molecule has 4 aromatic rings. The summed E-state index contributed by atoms with van der Waals surface area (Å²) in [7, 11) is 1.56. The Morgan fingerprint density at radius 3 is 2.58 bits per heavy atom. The van der Waals surface area contributed by atoms with Gasteiger partial charge >= 0.3 is 12.2 Å². The zero-order valence-electron chi connectivity index (χ0n) is 17.0. The highest BCUT2D eigenvalue weighted by molar-refractivity contribution is 7.19. The van der Waals surface area contributed by atoms with Crippen molar-refractivity contribution in [2.24, 2.45) is 0 Å². The van der Waals surface area contributed by atoms with E-state index in [9.17, 15) is 22.8 Å². The normalized spacial score (nSPS) is 11.4. The van der Waals surface area contributed by atoms with Gasteiger partial charge in [-0.05, 0) is 36.4 Å². The van der Waals surface area contributed by atoms with Gasteiger partial charge in [0.15, 0.2) is 0 Å². The third-order valence-corrected chi connectivity index (χ3v) is 5.50. The number of anilines is 1. The van der Waals surface area contributed by atoms with Crippen LogP contribution >= 0.6 is 11.3 Å². The third kappa shape index (κ3) is 4.95. The Kier molecular flexibility index (Phi) is 6.01. The van der Waals surface area contributed by atoms with Crippen molar-refractivity contribution in [3.05, 3.63) is 76.2 Å². The lowest BCUT2D eigenvalue weighted by molar-refractivity contribution is -0.136. The first-order valence-corrected chi connectivity index (χ1v) is 10.3. The van der Waals surface area contributed by atoms with Crippen LogP contribution < -0.4 is 20.9 Å².